The van der Waals surface area contributed by atoms with Crippen molar-refractivity contribution in [2.75, 3.05) is 0 Å². The molecular weight excluding hydrogens is 683 g/mol. The average Bonchev–Trinajstić information content (AvgIpc) is 3.61. The van der Waals surface area contributed by atoms with Crippen molar-refractivity contribution in [1.29, 1.82) is 0 Å². The molecule has 4 heteroatoms. The number of hydrogen-bond donors (Lipinski definition) is 1. The monoisotopic (exact) mass is 735 g/mol. The Balaban J connectivity index is 1.37. The second-order valence-electron chi connectivity index (χ2n) is 16.1. The smallest absolute Gasteiger partial charge is 0.149 e. The van der Waals surface area contributed by atoms with Gasteiger partial charge in [0, 0.05) is 28.5 Å². The normalized spacial score (nSPS) is 13.3. The molecule has 8 rings (SSSR count). The molecule has 2 aromatic heterocycles. The standard InChI is InChI=1S/C52H49N3O/c1-32(2)36-17-19-38(20-18-36)39-21-22-53-47(31-39)42-27-41(28-43(29-42)52(6,7)8)45-15-12-16-48-49(45)54-51(46-26-33(3)23-35(5)50(46)56)55(48)44-25-34(4)24-40(30-44)37-13-10-9-11-14-37/h9-32,56H,1-8H3/i4D3,32D. The lowest BCUT2D eigenvalue weighted by atomic mass is 9.83. The van der Waals surface area contributed by atoms with E-state index in [-0.39, 0.29) is 16.7 Å². The molecule has 8 aromatic rings. The molecule has 0 aliphatic heterocycles. The predicted molar refractivity (Wildman–Crippen MR) is 235 cm³/mol. The first-order valence-corrected chi connectivity index (χ1v) is 19.1. The van der Waals surface area contributed by atoms with Crippen LogP contribution in [0.4, 0.5) is 0 Å². The van der Waals surface area contributed by atoms with Gasteiger partial charge in [-0.25, -0.2) is 4.98 Å². The molecule has 0 fully saturated rings. The van der Waals surface area contributed by atoms with Crippen LogP contribution in [0.2, 0.25) is 0 Å². The predicted octanol–water partition coefficient (Wildman–Crippen LogP) is 13.8. The summed E-state index contributed by atoms with van der Waals surface area (Å²) in [6, 6.07) is 44.1. The van der Waals surface area contributed by atoms with Crippen LogP contribution in [-0.2, 0) is 5.41 Å². The Morgan fingerprint density at radius 1 is 0.661 bits per heavy atom. The molecule has 0 atom stereocenters. The Kier molecular flexibility index (Phi) is 8.25. The summed E-state index contributed by atoms with van der Waals surface area (Å²) >= 11 is 0. The first-order valence-electron chi connectivity index (χ1n) is 21.1. The van der Waals surface area contributed by atoms with Crippen LogP contribution >= 0.6 is 0 Å². The third-order valence-corrected chi connectivity index (χ3v) is 10.6. The van der Waals surface area contributed by atoms with Crippen LogP contribution in [0.1, 0.15) is 73.8 Å². The molecule has 0 amide bonds. The number of nitrogens with zero attached hydrogens (tertiary/aromatic N) is 3. The number of fused-ring (bicyclic) bond motifs is 1. The molecule has 0 unspecified atom stereocenters. The van der Waals surface area contributed by atoms with E-state index in [9.17, 15) is 5.11 Å². The lowest BCUT2D eigenvalue weighted by molar-refractivity contribution is 0.472. The van der Waals surface area contributed by atoms with Crippen molar-refractivity contribution < 1.29 is 10.6 Å². The molecule has 0 aliphatic rings. The SMILES string of the molecule is [2H]C([2H])([2H])c1cc(-c2ccccc2)cc(-n2c(-c3cc(C)cc(C)c3O)nc3c(-c4cc(-c5cc(-c6ccc(C([2H])(C)C)cc6)ccn5)cc(C(C)(C)C)c4)cccc32)c1. The van der Waals surface area contributed by atoms with E-state index in [0.29, 0.717) is 22.6 Å². The zero-order valence-corrected chi connectivity index (χ0v) is 33.1. The van der Waals surface area contributed by atoms with Gasteiger partial charge in [0.2, 0.25) is 0 Å². The summed E-state index contributed by atoms with van der Waals surface area (Å²) in [4.78, 5) is 10.3. The van der Waals surface area contributed by atoms with E-state index in [1.54, 1.807) is 12.1 Å². The van der Waals surface area contributed by atoms with E-state index in [4.69, 9.17) is 15.5 Å². The molecule has 6 aromatic carbocycles. The number of phenols is 1. The summed E-state index contributed by atoms with van der Waals surface area (Å²) in [5.41, 5.74) is 13.8. The van der Waals surface area contributed by atoms with Crippen molar-refractivity contribution in [3.05, 3.63) is 167 Å². The number of aromatic hydroxyl groups is 1. The highest BCUT2D eigenvalue weighted by atomic mass is 16.3. The summed E-state index contributed by atoms with van der Waals surface area (Å²) in [7, 11) is 0. The molecule has 0 saturated heterocycles. The number of imidazole rings is 1. The Morgan fingerprint density at radius 3 is 2.14 bits per heavy atom. The quantitative estimate of drug-likeness (QED) is 0.177. The fourth-order valence-electron chi connectivity index (χ4n) is 7.57. The lowest BCUT2D eigenvalue weighted by Gasteiger charge is -2.22. The maximum Gasteiger partial charge on any atom is 0.149 e. The van der Waals surface area contributed by atoms with Gasteiger partial charge >= 0.3 is 0 Å². The number of aryl methyl sites for hydroxylation is 3. The zero-order chi connectivity index (χ0) is 42.7. The highest BCUT2D eigenvalue weighted by molar-refractivity contribution is 5.97. The van der Waals surface area contributed by atoms with E-state index in [1.807, 2.05) is 117 Å². The lowest BCUT2D eigenvalue weighted by Crippen LogP contribution is -2.11. The van der Waals surface area contributed by atoms with Crippen LogP contribution in [-0.4, -0.2) is 19.6 Å². The summed E-state index contributed by atoms with van der Waals surface area (Å²) in [5, 5.41) is 11.7. The van der Waals surface area contributed by atoms with E-state index in [1.165, 1.54) is 0 Å². The van der Waals surface area contributed by atoms with Crippen LogP contribution in [0.3, 0.4) is 0 Å². The molecule has 0 saturated carbocycles. The van der Waals surface area contributed by atoms with Crippen molar-refractivity contribution in [3.63, 3.8) is 0 Å². The second kappa shape index (κ2) is 14.4. The van der Waals surface area contributed by atoms with Crippen molar-refractivity contribution in [3.8, 4) is 67.5 Å². The van der Waals surface area contributed by atoms with Crippen molar-refractivity contribution in [2.45, 2.75) is 66.6 Å². The van der Waals surface area contributed by atoms with Crippen LogP contribution < -0.4 is 0 Å². The Labute approximate surface area is 336 Å². The highest BCUT2D eigenvalue weighted by Crippen LogP contribution is 2.41. The molecule has 0 bridgehead atoms. The maximum atomic E-state index is 11.7. The second-order valence-corrected chi connectivity index (χ2v) is 16.1. The van der Waals surface area contributed by atoms with E-state index < -0.39 is 12.7 Å². The molecule has 1 N–H and O–H groups in total. The summed E-state index contributed by atoms with van der Waals surface area (Å²) in [5.74, 6) is -0.0583. The van der Waals surface area contributed by atoms with E-state index in [2.05, 4.69) is 63.2 Å². The summed E-state index contributed by atoms with van der Waals surface area (Å²) in [6.45, 7) is 11.9. The summed E-state index contributed by atoms with van der Waals surface area (Å²) in [6.07, 6.45) is 1.85. The van der Waals surface area contributed by atoms with Crippen LogP contribution in [0.25, 0.3) is 72.7 Å². The van der Waals surface area contributed by atoms with Crippen LogP contribution in [0.15, 0.2) is 140 Å². The van der Waals surface area contributed by atoms with Gasteiger partial charge in [0.15, 0.2) is 0 Å². The molecule has 2 heterocycles. The molecule has 278 valence electrons. The van der Waals surface area contributed by atoms with Crippen LogP contribution in [0.5, 0.6) is 5.75 Å². The molecule has 0 aliphatic carbocycles. The van der Waals surface area contributed by atoms with Gasteiger partial charge in [-0.15, -0.1) is 0 Å². The first kappa shape index (κ1) is 32.0. The molecule has 0 radical (unpaired) electrons. The fraction of sp³-hybridized carbons (Fsp3) is 0.192. The van der Waals surface area contributed by atoms with Crippen LogP contribution in [0, 0.1) is 20.7 Å². The third-order valence-electron chi connectivity index (χ3n) is 10.6. The number of benzene rings is 6. The third kappa shape index (κ3) is 7.04. The van der Waals surface area contributed by atoms with Gasteiger partial charge in [-0.05, 0) is 136 Å². The van der Waals surface area contributed by atoms with Crippen molar-refractivity contribution >= 4 is 11.0 Å². The highest BCUT2D eigenvalue weighted by Gasteiger charge is 2.23. The number of pyridine rings is 1. The minimum atomic E-state index is -2.37. The zero-order valence-electron chi connectivity index (χ0n) is 37.1. The number of hydrogen-bond acceptors (Lipinski definition) is 3. The van der Waals surface area contributed by atoms with Crippen molar-refractivity contribution in [1.82, 2.24) is 14.5 Å². The Hall–Kier alpha value is -6.26. The largest absolute Gasteiger partial charge is 0.507 e. The van der Waals surface area contributed by atoms with Crippen molar-refractivity contribution in [2.24, 2.45) is 0 Å². The van der Waals surface area contributed by atoms with E-state index >= 15 is 0 Å². The number of phenolic OH excluding ortho intramolecular Hbond substituents is 1. The average molecular weight is 736 g/mol. The molecular formula is C52H49N3O. The van der Waals surface area contributed by atoms with Gasteiger partial charge in [-0.1, -0.05) is 120 Å². The Bertz CT molecular complexity index is 2900. The molecule has 56 heavy (non-hydrogen) atoms. The summed E-state index contributed by atoms with van der Waals surface area (Å²) < 4.78 is 35.9. The minimum Gasteiger partial charge on any atom is -0.507 e. The number of para-hydroxylation sites is 1. The maximum absolute atomic E-state index is 11.7. The topological polar surface area (TPSA) is 50.9 Å². The first-order chi connectivity index (χ1) is 28.3. The van der Waals surface area contributed by atoms with Gasteiger partial charge < -0.3 is 5.11 Å². The van der Waals surface area contributed by atoms with Gasteiger partial charge in [0.1, 0.15) is 11.6 Å². The van der Waals surface area contributed by atoms with Gasteiger partial charge in [0.05, 0.1) is 22.3 Å². The van der Waals surface area contributed by atoms with Gasteiger partial charge in [-0.3, -0.25) is 9.55 Å². The van der Waals surface area contributed by atoms with Gasteiger partial charge in [-0.2, -0.15) is 0 Å². The Morgan fingerprint density at radius 2 is 1.41 bits per heavy atom. The van der Waals surface area contributed by atoms with Gasteiger partial charge in [0.25, 0.3) is 0 Å². The number of rotatable bonds is 7. The molecule has 4 nitrogen and oxygen atoms in total. The minimum absolute atomic E-state index is 0.120. The number of aromatic nitrogens is 3. The molecule has 0 spiro atoms. The fourth-order valence-corrected chi connectivity index (χ4v) is 7.57. The van der Waals surface area contributed by atoms with E-state index in [0.717, 1.165) is 72.4 Å².